The minimum Gasteiger partial charge on any atom is -0.693 e. The number of hydrogen-bond donors (Lipinski definition) is 4. The Morgan fingerprint density at radius 2 is 0.786 bits per heavy atom. The van der Waals surface area contributed by atoms with Crippen molar-refractivity contribution in [2.24, 2.45) is 11.0 Å². The Balaban J connectivity index is 0.000000186. The van der Waals surface area contributed by atoms with Crippen molar-refractivity contribution in [2.45, 2.75) is 26.0 Å². The van der Waals surface area contributed by atoms with Crippen LogP contribution in [0.4, 0.5) is 71.5 Å². The van der Waals surface area contributed by atoms with Gasteiger partial charge < -0.3 is 25.5 Å². The molecule has 12 rings (SSSR count). The van der Waals surface area contributed by atoms with E-state index in [4.69, 9.17) is 65.5 Å². The molecule has 0 radical (unpaired) electrons. The molecule has 0 aliphatic rings. The van der Waals surface area contributed by atoms with Crippen molar-refractivity contribution in [3.63, 3.8) is 0 Å². The maximum atomic E-state index is 14.5. The number of hydrogen-bond acceptors (Lipinski definition) is 13. The Morgan fingerprint density at radius 3 is 1.11 bits per heavy atom. The van der Waals surface area contributed by atoms with Crippen LogP contribution in [0.5, 0.6) is 0 Å². The Hall–Kier alpha value is -11.1. The average molecular weight is 1440 g/mol. The number of alkyl halides is 9. The normalized spacial score (nSPS) is 11.4. The van der Waals surface area contributed by atoms with Gasteiger partial charge in [0.2, 0.25) is 0 Å². The topological polar surface area (TPSA) is 301 Å². The molecule has 0 saturated heterocycles. The number of carbonyl (C=O) groups is 2. The molecule has 6 heterocycles. The highest BCUT2D eigenvalue weighted by Gasteiger charge is 2.45. The van der Waals surface area contributed by atoms with Gasteiger partial charge in [0.15, 0.2) is 34.4 Å². The summed E-state index contributed by atoms with van der Waals surface area (Å²) in [5.74, 6) is -3.99. The number of rotatable bonds is 11. The second-order valence-corrected chi connectivity index (χ2v) is 20.6. The molecule has 20 nitrogen and oxygen atoms in total. The molecular weight excluding hydrogens is 1400 g/mol. The number of nitrogens with two attached hydrogens (primary N) is 4. The molecule has 2 amide bonds. The largest absolute Gasteiger partial charge is 0.693 e. The van der Waals surface area contributed by atoms with E-state index < -0.39 is 144 Å². The lowest BCUT2D eigenvalue weighted by Gasteiger charge is -2.12. The molecular formula is C60H37Cl3F15N15O5. The summed E-state index contributed by atoms with van der Waals surface area (Å²) in [5.41, 5.74) is 2.26. The number of nitrogens with one attached hydrogen (secondary N) is 1. The molecule has 0 saturated carbocycles. The van der Waals surface area contributed by atoms with Crippen LogP contribution in [0, 0.1) is 34.9 Å². The van der Waals surface area contributed by atoms with Gasteiger partial charge in [-0.15, -0.1) is 5.53 Å². The van der Waals surface area contributed by atoms with Gasteiger partial charge in [-0.25, -0.2) is 46.2 Å². The first-order chi connectivity index (χ1) is 45.4. The molecule has 6 aromatic carbocycles. The molecule has 12 aromatic rings. The van der Waals surface area contributed by atoms with Crippen molar-refractivity contribution in [3.05, 3.63) is 230 Å². The highest BCUT2D eigenvalue weighted by molar-refractivity contribution is 6.34. The zero-order valence-electron chi connectivity index (χ0n) is 47.5. The summed E-state index contributed by atoms with van der Waals surface area (Å²) in [7, 11) is 0. The molecule has 98 heavy (non-hydrogen) atoms. The quantitative estimate of drug-likeness (QED) is 0.0308. The van der Waals surface area contributed by atoms with E-state index >= 15 is 0 Å². The third kappa shape index (κ3) is 14.2. The Bertz CT molecular complexity index is 4920. The van der Waals surface area contributed by atoms with E-state index in [1.54, 1.807) is 5.43 Å². The molecule has 0 bridgehead atoms. The number of halogens is 18. The lowest BCUT2D eigenvalue weighted by atomic mass is 10.0. The fourth-order valence-electron chi connectivity index (χ4n) is 9.45. The minimum absolute atomic E-state index is 0. The number of anilines is 1. The standard InChI is InChI=1S/C20H11ClF5N5O2.C20H9ClF5N5O2.C19H10ClF5N4O.CH4.H2N/c2*21-12-5-2-6-13(23)14(12)16-15(19(32)29-27)17(33-30-16)11-8-28-31(18(11)20(24,25)26)10-4-1-3-9(22)7-10;20-12-5-2-6-13(22)14(12)16-15(26)17(30-28-16)11-8-27-29(18(11)19(23,24)25)10-4-1-3-9(21)7-10;;/h1-8H,27H2,(H,29,32);1-8,27H;1-8H,26H2;1H4;1H2/q;;;;-1/p+1. The van der Waals surface area contributed by atoms with Gasteiger partial charge in [0.1, 0.15) is 68.8 Å². The van der Waals surface area contributed by atoms with Crippen LogP contribution < -0.4 is 22.5 Å². The summed E-state index contributed by atoms with van der Waals surface area (Å²) in [6.45, 7) is 0. The van der Waals surface area contributed by atoms with Gasteiger partial charge in [0.05, 0.1) is 84.1 Å². The van der Waals surface area contributed by atoms with Crippen LogP contribution in [0.1, 0.15) is 45.2 Å². The number of aromatic nitrogens is 9. The van der Waals surface area contributed by atoms with Crippen LogP contribution in [-0.4, -0.2) is 56.6 Å². The molecule has 0 aliphatic carbocycles. The smallest absolute Gasteiger partial charge is 0.434 e. The molecule has 0 atom stereocenters. The predicted molar refractivity (Wildman–Crippen MR) is 320 cm³/mol. The second-order valence-electron chi connectivity index (χ2n) is 19.3. The first-order valence-electron chi connectivity index (χ1n) is 26.2. The number of hydrazine groups is 1. The van der Waals surface area contributed by atoms with Crippen molar-refractivity contribution in [1.29, 1.82) is 0 Å². The third-order valence-electron chi connectivity index (χ3n) is 13.4. The Kier molecular flexibility index (Phi) is 21.3. The van der Waals surface area contributed by atoms with Crippen molar-refractivity contribution in [2.75, 3.05) is 5.73 Å². The van der Waals surface area contributed by atoms with E-state index in [0.29, 0.717) is 14.0 Å². The summed E-state index contributed by atoms with van der Waals surface area (Å²) < 4.78 is 226. The van der Waals surface area contributed by atoms with Crippen LogP contribution in [0.2, 0.25) is 15.1 Å². The highest BCUT2D eigenvalue weighted by Crippen LogP contribution is 2.47. The Morgan fingerprint density at radius 1 is 0.480 bits per heavy atom. The van der Waals surface area contributed by atoms with Gasteiger partial charge in [0.25, 0.3) is 5.91 Å². The molecule has 0 spiro atoms. The summed E-state index contributed by atoms with van der Waals surface area (Å²) in [4.78, 5) is 25.0. The average Bonchev–Trinajstić information content (AvgIpc) is 1.56. The van der Waals surface area contributed by atoms with E-state index in [1.807, 2.05) is 0 Å². The Labute approximate surface area is 552 Å². The highest BCUT2D eigenvalue weighted by atomic mass is 35.5. The van der Waals surface area contributed by atoms with Crippen LogP contribution >= 0.6 is 34.8 Å². The molecule has 6 aromatic heterocycles. The van der Waals surface area contributed by atoms with E-state index in [-0.39, 0.29) is 68.2 Å². The lowest BCUT2D eigenvalue weighted by molar-refractivity contribution is -0.211. The summed E-state index contributed by atoms with van der Waals surface area (Å²) in [6.07, 6.45) is -12.6. The summed E-state index contributed by atoms with van der Waals surface area (Å²) in [5, 5.41) is 24.4. The predicted octanol–water partition coefficient (Wildman–Crippen LogP) is 16.3. The molecule has 0 aliphatic heterocycles. The van der Waals surface area contributed by atoms with Crippen LogP contribution in [0.15, 0.2) is 165 Å². The van der Waals surface area contributed by atoms with Gasteiger partial charge in [-0.05, 0) is 91.0 Å². The van der Waals surface area contributed by atoms with E-state index in [1.165, 1.54) is 72.8 Å². The van der Waals surface area contributed by atoms with Crippen molar-refractivity contribution in [1.82, 2.24) is 50.2 Å². The number of benzene rings is 6. The summed E-state index contributed by atoms with van der Waals surface area (Å²) >= 11 is 18.0. The number of carbonyl (C=O) groups excluding carboxylic acids is 2. The van der Waals surface area contributed by atoms with Gasteiger partial charge in [-0.1, -0.05) is 94.1 Å². The maximum absolute atomic E-state index is 14.5. The maximum Gasteiger partial charge on any atom is 0.434 e. The van der Waals surface area contributed by atoms with Crippen LogP contribution in [0.3, 0.4) is 0 Å². The fourth-order valence-corrected chi connectivity index (χ4v) is 10.2. The second kappa shape index (κ2) is 28.7. The summed E-state index contributed by atoms with van der Waals surface area (Å²) in [6, 6.07) is 24.0. The lowest BCUT2D eigenvalue weighted by Crippen LogP contribution is -2.30. The molecule has 0 unspecified atom stereocenters. The van der Waals surface area contributed by atoms with Crippen molar-refractivity contribution in [3.8, 4) is 84.8 Å². The van der Waals surface area contributed by atoms with E-state index in [2.05, 4.69) is 35.9 Å². The number of amides is 2. The number of nitrogen functional groups attached to an aromatic ring is 2. The van der Waals surface area contributed by atoms with Crippen molar-refractivity contribution >= 4 is 52.3 Å². The molecule has 38 heteroatoms. The first-order valence-corrected chi connectivity index (χ1v) is 27.4. The zero-order chi connectivity index (χ0) is 69.5. The van der Waals surface area contributed by atoms with E-state index in [0.717, 1.165) is 73.2 Å². The van der Waals surface area contributed by atoms with Crippen molar-refractivity contribution < 1.29 is 94.5 Å². The third-order valence-corrected chi connectivity index (χ3v) is 14.4. The van der Waals surface area contributed by atoms with Gasteiger partial charge >= 0.3 is 24.4 Å². The van der Waals surface area contributed by atoms with Crippen LogP contribution in [-0.2, 0) is 18.5 Å². The van der Waals surface area contributed by atoms with Gasteiger partial charge in [-0.2, -0.15) is 54.8 Å². The first kappa shape index (κ1) is 72.7. The van der Waals surface area contributed by atoms with Gasteiger partial charge in [0, 0.05) is 5.11 Å². The van der Waals surface area contributed by atoms with Gasteiger partial charge in [-0.3, -0.25) is 15.0 Å². The minimum atomic E-state index is -5.04. The molecule has 508 valence electrons. The van der Waals surface area contributed by atoms with E-state index in [9.17, 15) is 75.4 Å². The molecule has 0 fully saturated rings. The fraction of sp³-hybridized carbons (Fsp3) is 0.0667. The monoisotopic (exact) mass is 1440 g/mol. The van der Waals surface area contributed by atoms with Crippen LogP contribution in [0.25, 0.3) is 91.0 Å². The SMILES string of the molecule is C.NNC(=O)c1c(-c2c(F)cccc2Cl)noc1-c1cnn(-c2cccc(F)c2)c1C(F)(F)F.Nc1c(-c2c(F)cccc2Cl)noc1-c1cnn(-c2cccc(F)c2)c1C(F)(F)F.[NH2+]=NC(=O)c1c(-c2c(F)cccc2Cl)noc1-c1cnn(-c2cccc(F)c2)c1C(F)(F)F.[NH2-]. The number of nitrogens with zero attached hydrogens (tertiary/aromatic N) is 10. The zero-order valence-corrected chi connectivity index (χ0v) is 49.8. The molecule has 9 N–H and O–H groups in total.